The molecule has 5 nitrogen and oxygen atoms in total. The van der Waals surface area contributed by atoms with Crippen LogP contribution in [0.15, 0.2) is 85.4 Å². The first-order valence-corrected chi connectivity index (χ1v) is 13.0. The van der Waals surface area contributed by atoms with E-state index in [0.29, 0.717) is 23.5 Å². The predicted molar refractivity (Wildman–Crippen MR) is 136 cm³/mol. The Kier molecular flexibility index (Phi) is 7.51. The highest BCUT2D eigenvalue weighted by molar-refractivity contribution is 6.99. The van der Waals surface area contributed by atoms with Crippen molar-refractivity contribution in [3.63, 3.8) is 0 Å². The number of nitro benzene ring substituents is 1. The second-order valence-corrected chi connectivity index (χ2v) is 13.2. The molecule has 0 bridgehead atoms. The third kappa shape index (κ3) is 5.07. The molecule has 0 atom stereocenters. The molecule has 3 rings (SSSR count). The molecule has 0 N–H and O–H groups in total. The molecule has 0 aromatic heterocycles. The van der Waals surface area contributed by atoms with Crippen LogP contribution in [-0.4, -0.2) is 19.8 Å². The van der Waals surface area contributed by atoms with Gasteiger partial charge in [0.2, 0.25) is 0 Å². The van der Waals surface area contributed by atoms with Crippen molar-refractivity contribution in [3.8, 4) is 0 Å². The summed E-state index contributed by atoms with van der Waals surface area (Å²) in [5, 5.41) is 13.8. The van der Waals surface area contributed by atoms with E-state index >= 15 is 0 Å². The van der Waals surface area contributed by atoms with Gasteiger partial charge in [0.15, 0.2) is 0 Å². The van der Waals surface area contributed by atoms with Crippen LogP contribution in [0, 0.1) is 10.1 Å². The lowest BCUT2D eigenvalue weighted by atomic mass is 10.1. The van der Waals surface area contributed by atoms with Crippen molar-refractivity contribution in [2.75, 3.05) is 6.61 Å². The number of nitro groups is 1. The Morgan fingerprint density at radius 3 is 1.97 bits per heavy atom. The largest absolute Gasteiger partial charge is 0.494 e. The number of hydrogen-bond donors (Lipinski definition) is 0. The Labute approximate surface area is 197 Å². The molecule has 0 aliphatic heterocycles. The number of rotatable bonds is 9. The molecule has 0 aliphatic carbocycles. The zero-order chi connectivity index (χ0) is 24.1. The number of ether oxygens (including phenoxy) is 1. The molecule has 0 unspecified atom stereocenters. The average Bonchev–Trinajstić information content (AvgIpc) is 2.80. The maximum absolute atomic E-state index is 11.8. The van der Waals surface area contributed by atoms with Gasteiger partial charge in [-0.1, -0.05) is 88.0 Å². The first-order chi connectivity index (χ1) is 15.7. The topological polar surface area (TPSA) is 61.6 Å². The smallest absolute Gasteiger partial charge is 0.274 e. The molecule has 3 aromatic rings. The first kappa shape index (κ1) is 24.4. The molecule has 172 valence electrons. The van der Waals surface area contributed by atoms with Gasteiger partial charge in [-0.2, -0.15) is 0 Å². The third-order valence-electron chi connectivity index (χ3n) is 5.78. The van der Waals surface area contributed by atoms with Crippen molar-refractivity contribution in [1.82, 2.24) is 0 Å². The molecule has 0 fully saturated rings. The summed E-state index contributed by atoms with van der Waals surface area (Å²) in [6.07, 6.45) is 0. The fourth-order valence-electron chi connectivity index (χ4n) is 4.26. The lowest BCUT2D eigenvalue weighted by Gasteiger charge is -2.43. The second-order valence-electron chi connectivity index (χ2n) is 8.91. The quantitative estimate of drug-likeness (QED) is 0.178. The fraction of sp³-hybridized carbons (Fsp3) is 0.259. The first-order valence-electron chi connectivity index (χ1n) is 11.0. The van der Waals surface area contributed by atoms with Crippen LogP contribution in [-0.2, 0) is 15.8 Å². The molecule has 3 aromatic carbocycles. The van der Waals surface area contributed by atoms with E-state index in [1.807, 2.05) is 43.3 Å². The summed E-state index contributed by atoms with van der Waals surface area (Å²) in [4.78, 5) is 11.4. The Morgan fingerprint density at radius 1 is 0.970 bits per heavy atom. The van der Waals surface area contributed by atoms with Gasteiger partial charge in [-0.25, -0.2) is 0 Å². The number of nitrogens with zero attached hydrogens (tertiary/aromatic N) is 1. The molecule has 0 spiro atoms. The van der Waals surface area contributed by atoms with Crippen LogP contribution in [0.25, 0.3) is 5.76 Å². The molecule has 33 heavy (non-hydrogen) atoms. The summed E-state index contributed by atoms with van der Waals surface area (Å²) in [5.74, 6) is 0.485. The van der Waals surface area contributed by atoms with E-state index in [4.69, 9.17) is 9.16 Å². The van der Waals surface area contributed by atoms with Gasteiger partial charge in [-0.3, -0.25) is 10.1 Å². The van der Waals surface area contributed by atoms with Gasteiger partial charge in [-0.15, -0.1) is 0 Å². The van der Waals surface area contributed by atoms with Crippen molar-refractivity contribution >= 4 is 30.1 Å². The zero-order valence-corrected chi connectivity index (χ0v) is 20.7. The Balaban J connectivity index is 2.13. The van der Waals surface area contributed by atoms with Crippen molar-refractivity contribution in [1.29, 1.82) is 0 Å². The van der Waals surface area contributed by atoms with Crippen molar-refractivity contribution < 1.29 is 14.1 Å². The van der Waals surface area contributed by atoms with E-state index < -0.39 is 8.32 Å². The molecule has 0 radical (unpaired) electrons. The van der Waals surface area contributed by atoms with E-state index in [0.717, 1.165) is 10.4 Å². The molecule has 0 heterocycles. The zero-order valence-electron chi connectivity index (χ0n) is 19.7. The lowest BCUT2D eigenvalue weighted by molar-refractivity contribution is -0.385. The third-order valence-corrected chi connectivity index (χ3v) is 10.8. The number of hydrogen-bond acceptors (Lipinski definition) is 4. The van der Waals surface area contributed by atoms with Gasteiger partial charge >= 0.3 is 0 Å². The van der Waals surface area contributed by atoms with Gasteiger partial charge in [-0.05, 0) is 34.5 Å². The lowest BCUT2D eigenvalue weighted by Crippen LogP contribution is -2.66. The highest BCUT2D eigenvalue weighted by Gasteiger charge is 2.50. The summed E-state index contributed by atoms with van der Waals surface area (Å²) in [6.45, 7) is 13.0. The SMILES string of the molecule is C=C(OCC)c1ccc([N+](=O)[O-])c(CO[Si](c2ccccc2)(c2ccccc2)C(C)(C)C)c1. The molecule has 6 heteroatoms. The monoisotopic (exact) mass is 461 g/mol. The van der Waals surface area contributed by atoms with Crippen LogP contribution in [0.5, 0.6) is 0 Å². The maximum Gasteiger partial charge on any atom is 0.274 e. The molecule has 0 saturated carbocycles. The molecule has 0 aliphatic rings. The van der Waals surface area contributed by atoms with Crippen molar-refractivity contribution in [2.45, 2.75) is 39.3 Å². The van der Waals surface area contributed by atoms with E-state index in [1.54, 1.807) is 12.1 Å². The van der Waals surface area contributed by atoms with E-state index in [2.05, 4.69) is 51.6 Å². The van der Waals surface area contributed by atoms with E-state index in [-0.39, 0.29) is 22.3 Å². The van der Waals surface area contributed by atoms with Crippen LogP contribution in [0.4, 0.5) is 5.69 Å². The van der Waals surface area contributed by atoms with Gasteiger partial charge < -0.3 is 9.16 Å². The second kappa shape index (κ2) is 10.1. The van der Waals surface area contributed by atoms with E-state index in [1.165, 1.54) is 6.07 Å². The van der Waals surface area contributed by atoms with Crippen LogP contribution < -0.4 is 10.4 Å². The Hall–Kier alpha value is -3.22. The Bertz CT molecular complexity index is 1070. The minimum Gasteiger partial charge on any atom is -0.494 e. The molecule has 0 amide bonds. The summed E-state index contributed by atoms with van der Waals surface area (Å²) in [7, 11) is -2.83. The maximum atomic E-state index is 11.8. The van der Waals surface area contributed by atoms with Crippen molar-refractivity contribution in [3.05, 3.63) is 107 Å². The van der Waals surface area contributed by atoms with Crippen molar-refractivity contribution in [2.24, 2.45) is 0 Å². The van der Waals surface area contributed by atoms with Gasteiger partial charge in [0.05, 0.1) is 23.7 Å². The normalized spacial score (nSPS) is 11.8. The van der Waals surface area contributed by atoms with Crippen LogP contribution in [0.2, 0.25) is 5.04 Å². The van der Waals surface area contributed by atoms with Gasteiger partial charge in [0.1, 0.15) is 5.76 Å². The highest BCUT2D eigenvalue weighted by Crippen LogP contribution is 2.38. The average molecular weight is 462 g/mol. The summed E-state index contributed by atoms with van der Waals surface area (Å²) < 4.78 is 12.4. The Morgan fingerprint density at radius 2 is 1.52 bits per heavy atom. The summed E-state index contributed by atoms with van der Waals surface area (Å²) in [5.41, 5.74) is 1.25. The fourth-order valence-corrected chi connectivity index (χ4v) is 8.79. The van der Waals surface area contributed by atoms with Gasteiger partial charge in [0.25, 0.3) is 14.0 Å². The highest BCUT2D eigenvalue weighted by atomic mass is 28.4. The van der Waals surface area contributed by atoms with E-state index in [9.17, 15) is 10.1 Å². The molecular formula is C27H31NO4Si. The van der Waals surface area contributed by atoms with Crippen LogP contribution in [0.3, 0.4) is 0 Å². The number of benzene rings is 3. The summed E-state index contributed by atoms with van der Waals surface area (Å²) >= 11 is 0. The minimum atomic E-state index is -2.83. The summed E-state index contributed by atoms with van der Waals surface area (Å²) in [6, 6.07) is 25.4. The van der Waals surface area contributed by atoms with Crippen LogP contribution in [0.1, 0.15) is 38.8 Å². The predicted octanol–water partition coefficient (Wildman–Crippen LogP) is 5.68. The minimum absolute atomic E-state index is 0.0287. The molecular weight excluding hydrogens is 430 g/mol. The molecule has 0 saturated heterocycles. The standard InChI is InChI=1S/C27H31NO4Si/c1-6-31-21(2)22-17-18-26(28(29)30)23(19-22)20-32-33(27(3,4)5,24-13-9-7-10-14-24)25-15-11-8-12-16-25/h7-19H,2,6,20H2,1,3-5H3. The van der Waals surface area contributed by atoms with Crippen LogP contribution >= 0.6 is 0 Å². The van der Waals surface area contributed by atoms with Gasteiger partial charge in [0, 0.05) is 11.6 Å².